The van der Waals surface area contributed by atoms with E-state index in [1.54, 1.807) is 6.92 Å². The van der Waals surface area contributed by atoms with Crippen molar-refractivity contribution < 1.29 is 27.8 Å². The molecule has 0 aliphatic heterocycles. The Kier molecular flexibility index (Phi) is 6.58. The lowest BCUT2D eigenvalue weighted by molar-refractivity contribution is 0.0809. The monoisotopic (exact) mass is 442 g/mol. The number of Topliss-reactive ketones (excluding diaryl/α,β-unsaturated/α-hetero) is 2. The van der Waals surface area contributed by atoms with Crippen LogP contribution in [0.15, 0.2) is 24.3 Å². The molecule has 0 N–H and O–H groups in total. The second-order valence-corrected chi connectivity index (χ2v) is 8.68. The Morgan fingerprint density at radius 3 is 1.78 bits per heavy atom. The highest BCUT2D eigenvalue weighted by Gasteiger charge is 2.37. The van der Waals surface area contributed by atoms with Crippen LogP contribution in [0.4, 0.5) is 8.78 Å². The van der Waals surface area contributed by atoms with Gasteiger partial charge in [0.2, 0.25) is 11.6 Å². The Morgan fingerprint density at radius 1 is 0.781 bits per heavy atom. The van der Waals surface area contributed by atoms with Gasteiger partial charge < -0.3 is 9.47 Å². The second kappa shape index (κ2) is 9.39. The molecule has 2 aliphatic carbocycles. The van der Waals surface area contributed by atoms with E-state index in [0.29, 0.717) is 12.5 Å². The van der Waals surface area contributed by atoms with Crippen LogP contribution in [-0.2, 0) is 0 Å². The molecule has 4 nitrogen and oxygen atoms in total. The van der Waals surface area contributed by atoms with Crippen LogP contribution in [0.5, 0.6) is 11.5 Å². The molecule has 0 heterocycles. The van der Waals surface area contributed by atoms with E-state index < -0.39 is 23.2 Å². The molecule has 2 aromatic rings. The van der Waals surface area contributed by atoms with Crippen molar-refractivity contribution in [2.24, 2.45) is 11.8 Å². The molecular formula is C26H28F2O4. The van der Waals surface area contributed by atoms with Crippen molar-refractivity contribution in [3.05, 3.63) is 47.0 Å². The van der Waals surface area contributed by atoms with E-state index in [2.05, 4.69) is 6.92 Å². The Balaban J connectivity index is 1.58. The SMILES string of the molecule is CCCC1CCC(COc2ccc3c(c2F)C(=O)C(=O)c2c-3ccc(OCC)c2F)CC1. The summed E-state index contributed by atoms with van der Waals surface area (Å²) in [6, 6.07) is 5.86. The number of hydrogen-bond donors (Lipinski definition) is 0. The Morgan fingerprint density at radius 2 is 1.28 bits per heavy atom. The minimum atomic E-state index is -1.07. The lowest BCUT2D eigenvalue weighted by Gasteiger charge is -2.28. The van der Waals surface area contributed by atoms with Gasteiger partial charge in [-0.1, -0.05) is 32.6 Å². The number of ketones is 2. The molecular weight excluding hydrogens is 414 g/mol. The van der Waals surface area contributed by atoms with Crippen LogP contribution in [0, 0.1) is 23.5 Å². The van der Waals surface area contributed by atoms with Crippen LogP contribution in [0.2, 0.25) is 0 Å². The van der Waals surface area contributed by atoms with E-state index in [1.807, 2.05) is 0 Å². The standard InChI is InChI=1S/C26H28F2O4/c1-3-5-15-6-8-16(9-7-15)14-32-20-13-11-18-17-10-12-19(31-4-2)23(27)21(17)25(29)26(30)22(18)24(20)28/h10-13,15-16H,3-9,14H2,1-2H3. The molecule has 0 saturated heterocycles. The summed E-state index contributed by atoms with van der Waals surface area (Å²) in [5.41, 5.74) is -0.345. The maximum absolute atomic E-state index is 15.3. The average Bonchev–Trinajstić information content (AvgIpc) is 2.79. The average molecular weight is 443 g/mol. The van der Waals surface area contributed by atoms with Gasteiger partial charge in [0.15, 0.2) is 23.1 Å². The quantitative estimate of drug-likeness (QED) is 0.466. The van der Waals surface area contributed by atoms with E-state index in [1.165, 1.54) is 37.1 Å². The van der Waals surface area contributed by atoms with Crippen molar-refractivity contribution in [3.8, 4) is 22.6 Å². The Bertz CT molecular complexity index is 1040. The lowest BCUT2D eigenvalue weighted by atomic mass is 9.80. The first-order chi connectivity index (χ1) is 15.5. The number of rotatable bonds is 7. The third kappa shape index (κ3) is 4.03. The molecule has 2 aromatic carbocycles. The maximum atomic E-state index is 15.3. The Labute approximate surface area is 186 Å². The molecule has 0 aromatic heterocycles. The number of halogens is 2. The largest absolute Gasteiger partial charge is 0.491 e. The van der Waals surface area contributed by atoms with Gasteiger partial charge in [-0.25, -0.2) is 8.78 Å². The number of benzene rings is 2. The van der Waals surface area contributed by atoms with Crippen LogP contribution in [0.25, 0.3) is 11.1 Å². The molecule has 4 rings (SSSR count). The molecule has 2 aliphatic rings. The highest BCUT2D eigenvalue weighted by molar-refractivity contribution is 6.53. The summed E-state index contributed by atoms with van der Waals surface area (Å²) in [6.45, 7) is 4.48. The third-order valence-electron chi connectivity index (χ3n) is 6.60. The topological polar surface area (TPSA) is 52.6 Å². The molecule has 170 valence electrons. The number of carbonyl (C=O) groups is 2. The fourth-order valence-electron chi connectivity index (χ4n) is 4.91. The molecule has 32 heavy (non-hydrogen) atoms. The van der Waals surface area contributed by atoms with E-state index in [-0.39, 0.29) is 40.4 Å². The summed E-state index contributed by atoms with van der Waals surface area (Å²) >= 11 is 0. The summed E-state index contributed by atoms with van der Waals surface area (Å²) in [4.78, 5) is 25.4. The van der Waals surface area contributed by atoms with Gasteiger partial charge in [-0.2, -0.15) is 0 Å². The summed E-state index contributed by atoms with van der Waals surface area (Å²) in [5, 5.41) is 0. The van der Waals surface area contributed by atoms with Gasteiger partial charge in [0.05, 0.1) is 24.3 Å². The van der Waals surface area contributed by atoms with Crippen molar-refractivity contribution in [1.29, 1.82) is 0 Å². The van der Waals surface area contributed by atoms with Gasteiger partial charge in [-0.15, -0.1) is 0 Å². The smallest absolute Gasteiger partial charge is 0.237 e. The normalized spacial score (nSPS) is 20.0. The minimum absolute atomic E-state index is 0.0459. The first-order valence-electron chi connectivity index (χ1n) is 11.5. The molecule has 6 heteroatoms. The summed E-state index contributed by atoms with van der Waals surface area (Å²) in [7, 11) is 0. The number of carbonyl (C=O) groups excluding carboxylic acids is 2. The molecule has 0 bridgehead atoms. The Hall–Kier alpha value is -2.76. The summed E-state index contributed by atoms with van der Waals surface area (Å²) in [6.07, 6.45) is 6.85. The minimum Gasteiger partial charge on any atom is -0.491 e. The van der Waals surface area contributed by atoms with E-state index in [9.17, 15) is 14.0 Å². The van der Waals surface area contributed by atoms with E-state index >= 15 is 4.39 Å². The van der Waals surface area contributed by atoms with E-state index in [4.69, 9.17) is 9.47 Å². The molecule has 0 atom stereocenters. The fourth-order valence-corrected chi connectivity index (χ4v) is 4.91. The third-order valence-corrected chi connectivity index (χ3v) is 6.60. The van der Waals surface area contributed by atoms with Crippen molar-refractivity contribution >= 4 is 11.6 Å². The van der Waals surface area contributed by atoms with E-state index in [0.717, 1.165) is 31.6 Å². The molecule has 0 amide bonds. The van der Waals surface area contributed by atoms with Crippen LogP contribution in [0.1, 0.15) is 73.1 Å². The predicted molar refractivity (Wildman–Crippen MR) is 117 cm³/mol. The van der Waals surface area contributed by atoms with Gasteiger partial charge in [-0.3, -0.25) is 9.59 Å². The van der Waals surface area contributed by atoms with Crippen molar-refractivity contribution in [2.45, 2.75) is 52.4 Å². The zero-order valence-corrected chi connectivity index (χ0v) is 18.5. The molecule has 0 radical (unpaired) electrons. The second-order valence-electron chi connectivity index (χ2n) is 8.68. The highest BCUT2D eigenvalue weighted by atomic mass is 19.1. The summed E-state index contributed by atoms with van der Waals surface area (Å²) in [5.74, 6) is -2.93. The van der Waals surface area contributed by atoms with Crippen LogP contribution < -0.4 is 9.47 Å². The van der Waals surface area contributed by atoms with Crippen molar-refractivity contribution in [1.82, 2.24) is 0 Å². The number of ether oxygens (including phenoxy) is 2. The first kappa shape index (κ1) is 22.4. The molecule has 1 saturated carbocycles. The molecule has 0 spiro atoms. The summed E-state index contributed by atoms with van der Waals surface area (Å²) < 4.78 is 41.0. The van der Waals surface area contributed by atoms with Crippen LogP contribution in [-0.4, -0.2) is 24.8 Å². The lowest BCUT2D eigenvalue weighted by Crippen LogP contribution is -2.25. The first-order valence-corrected chi connectivity index (χ1v) is 11.5. The fraction of sp³-hybridized carbons (Fsp3) is 0.462. The predicted octanol–water partition coefficient (Wildman–Crippen LogP) is 6.39. The zero-order chi connectivity index (χ0) is 22.8. The van der Waals surface area contributed by atoms with Gasteiger partial charge in [-0.05, 0) is 67.0 Å². The van der Waals surface area contributed by atoms with Crippen LogP contribution >= 0.6 is 0 Å². The van der Waals surface area contributed by atoms with Crippen molar-refractivity contribution in [3.63, 3.8) is 0 Å². The maximum Gasteiger partial charge on any atom is 0.237 e. The molecule has 0 unspecified atom stereocenters. The van der Waals surface area contributed by atoms with Crippen LogP contribution in [0.3, 0.4) is 0 Å². The van der Waals surface area contributed by atoms with Crippen molar-refractivity contribution in [2.75, 3.05) is 13.2 Å². The van der Waals surface area contributed by atoms with Gasteiger partial charge in [0, 0.05) is 0 Å². The highest BCUT2D eigenvalue weighted by Crippen LogP contribution is 2.41. The molecule has 1 fully saturated rings. The van der Waals surface area contributed by atoms with Gasteiger partial charge >= 0.3 is 0 Å². The van der Waals surface area contributed by atoms with Gasteiger partial charge in [0.1, 0.15) is 0 Å². The van der Waals surface area contributed by atoms with Gasteiger partial charge in [0.25, 0.3) is 0 Å². The number of hydrogen-bond acceptors (Lipinski definition) is 4. The number of fused-ring (bicyclic) bond motifs is 3. The zero-order valence-electron chi connectivity index (χ0n) is 18.5.